The number of sulfone groups is 1. The number of benzene rings is 1. The number of likely N-dealkylation sites (tertiary alicyclic amines) is 1. The Bertz CT molecular complexity index is 1300. The standard InChI is InChI=1S/C21H16ClN2O4S2/c22-20-14(10-24-16(25)6-7-17(24)26)23-21-19(18(20)12-4-2-1-3-5-12)13-8-9-30(27,28)11-15(13)29-21/h2-5H,6-11H2. The van der Waals surface area contributed by atoms with Crippen molar-refractivity contribution in [2.75, 3.05) is 5.75 Å². The van der Waals surface area contributed by atoms with Gasteiger partial charge in [-0.3, -0.25) is 14.5 Å². The summed E-state index contributed by atoms with van der Waals surface area (Å²) in [6.07, 6.45) is 0.820. The molecule has 0 atom stereocenters. The molecule has 1 saturated heterocycles. The predicted molar refractivity (Wildman–Crippen MR) is 115 cm³/mol. The van der Waals surface area contributed by atoms with Crippen LogP contribution in [0.25, 0.3) is 21.3 Å². The average molecular weight is 460 g/mol. The van der Waals surface area contributed by atoms with E-state index >= 15 is 0 Å². The van der Waals surface area contributed by atoms with Gasteiger partial charge < -0.3 is 0 Å². The number of thiophene rings is 1. The normalized spacial score (nSPS) is 18.2. The van der Waals surface area contributed by atoms with Crippen LogP contribution in [-0.4, -0.2) is 35.9 Å². The van der Waals surface area contributed by atoms with Crippen LogP contribution in [0.4, 0.5) is 0 Å². The zero-order valence-corrected chi connectivity index (χ0v) is 18.2. The van der Waals surface area contributed by atoms with E-state index in [-0.39, 0.29) is 42.7 Å². The Morgan fingerprint density at radius 3 is 2.53 bits per heavy atom. The lowest BCUT2D eigenvalue weighted by Crippen LogP contribution is -2.29. The molecule has 2 aliphatic heterocycles. The van der Waals surface area contributed by atoms with Gasteiger partial charge in [0.25, 0.3) is 0 Å². The summed E-state index contributed by atoms with van der Waals surface area (Å²) >= 11 is 8.16. The molecule has 30 heavy (non-hydrogen) atoms. The highest BCUT2D eigenvalue weighted by molar-refractivity contribution is 7.90. The molecule has 2 aliphatic rings. The largest absolute Gasteiger partial charge is 0.276 e. The number of imide groups is 1. The molecule has 0 saturated carbocycles. The van der Waals surface area contributed by atoms with Gasteiger partial charge in [0, 0.05) is 28.7 Å². The summed E-state index contributed by atoms with van der Waals surface area (Å²) in [5, 5.41) is 1.25. The summed E-state index contributed by atoms with van der Waals surface area (Å²) in [5.74, 6) is -0.360. The van der Waals surface area contributed by atoms with Gasteiger partial charge in [-0.25, -0.2) is 13.4 Å². The van der Waals surface area contributed by atoms with E-state index in [0.717, 1.165) is 27.0 Å². The van der Waals surface area contributed by atoms with Crippen molar-refractivity contribution in [3.8, 4) is 11.1 Å². The van der Waals surface area contributed by atoms with E-state index in [4.69, 9.17) is 11.6 Å². The van der Waals surface area contributed by atoms with Crippen LogP contribution in [0, 0.1) is 6.07 Å². The molecule has 0 N–H and O–H groups in total. The fourth-order valence-corrected chi connectivity index (χ4v) is 7.41. The maximum absolute atomic E-state index is 12.2. The van der Waals surface area contributed by atoms with Crippen molar-refractivity contribution in [3.05, 3.63) is 51.5 Å². The van der Waals surface area contributed by atoms with Gasteiger partial charge in [-0.1, -0.05) is 35.9 Å². The minimum atomic E-state index is -3.13. The fraction of sp³-hybridized carbons (Fsp3) is 0.286. The van der Waals surface area contributed by atoms with Gasteiger partial charge in [-0.05, 0) is 23.6 Å². The lowest BCUT2D eigenvalue weighted by molar-refractivity contribution is -0.139. The van der Waals surface area contributed by atoms with Gasteiger partial charge in [0.05, 0.1) is 28.8 Å². The van der Waals surface area contributed by atoms with Crippen molar-refractivity contribution >= 4 is 54.8 Å². The number of carbonyl (C=O) groups excluding carboxylic acids is 2. The Hall–Kier alpha value is -2.29. The fourth-order valence-electron chi connectivity index (χ4n) is 4.05. The number of aryl methyl sites for hydroxylation is 1. The molecule has 3 aromatic rings. The molecule has 6 nitrogen and oxygen atoms in total. The Labute approximate surface area is 182 Å². The van der Waals surface area contributed by atoms with Crippen molar-refractivity contribution < 1.29 is 18.0 Å². The highest BCUT2D eigenvalue weighted by atomic mass is 35.5. The average Bonchev–Trinajstić information content (AvgIpc) is 3.21. The number of carbonyl (C=O) groups is 2. The number of aromatic nitrogens is 1. The third-order valence-corrected chi connectivity index (χ3v) is 8.79. The molecule has 5 rings (SSSR count). The van der Waals surface area contributed by atoms with E-state index < -0.39 is 9.84 Å². The van der Waals surface area contributed by atoms with Crippen molar-refractivity contribution in [1.29, 1.82) is 0 Å². The van der Waals surface area contributed by atoms with Gasteiger partial charge in [-0.15, -0.1) is 11.3 Å². The molecule has 0 bridgehead atoms. The summed E-state index contributed by atoms with van der Waals surface area (Å²) in [5.41, 5.74) is 3.04. The molecular weight excluding hydrogens is 444 g/mol. The molecule has 0 spiro atoms. The number of fused-ring (bicyclic) bond motifs is 3. The topological polar surface area (TPSA) is 84.4 Å². The summed E-state index contributed by atoms with van der Waals surface area (Å²) in [6.45, 7) is 0.0132. The minimum absolute atomic E-state index is 0.00141. The van der Waals surface area contributed by atoms with E-state index in [2.05, 4.69) is 11.1 Å². The molecule has 1 aromatic carbocycles. The molecule has 1 radical (unpaired) electrons. The van der Waals surface area contributed by atoms with E-state index in [9.17, 15) is 18.0 Å². The predicted octanol–water partition coefficient (Wildman–Crippen LogP) is 3.54. The molecule has 2 amide bonds. The van der Waals surface area contributed by atoms with Crippen LogP contribution in [0.2, 0.25) is 5.02 Å². The van der Waals surface area contributed by atoms with E-state index in [1.165, 1.54) is 16.2 Å². The van der Waals surface area contributed by atoms with E-state index in [1.807, 2.05) is 12.1 Å². The third-order valence-electron chi connectivity index (χ3n) is 5.52. The first-order valence-electron chi connectivity index (χ1n) is 9.47. The maximum Gasteiger partial charge on any atom is 0.230 e. The quantitative estimate of drug-likeness (QED) is 0.559. The van der Waals surface area contributed by atoms with Crippen LogP contribution in [0.1, 0.15) is 29.0 Å². The minimum Gasteiger partial charge on any atom is -0.276 e. The first kappa shape index (κ1) is 19.7. The summed E-state index contributed by atoms with van der Waals surface area (Å²) in [6, 6.07) is 10.3. The van der Waals surface area contributed by atoms with Gasteiger partial charge in [0.15, 0.2) is 9.84 Å². The maximum atomic E-state index is 12.2. The Kier molecular flexibility index (Phi) is 4.68. The molecular formula is C21H16ClN2O4S2. The molecule has 4 heterocycles. The zero-order valence-electron chi connectivity index (χ0n) is 15.8. The van der Waals surface area contributed by atoms with E-state index in [1.54, 1.807) is 12.1 Å². The SMILES string of the molecule is O=C1CCC(=O)N1Cc1nc2sc3c(c2c(-c2cc[c]cc2)c1Cl)CCS(=O)(=O)C3. The van der Waals surface area contributed by atoms with Crippen molar-refractivity contribution in [2.45, 2.75) is 31.6 Å². The number of pyridine rings is 1. The van der Waals surface area contributed by atoms with Crippen LogP contribution in [0.3, 0.4) is 0 Å². The Morgan fingerprint density at radius 1 is 1.13 bits per heavy atom. The van der Waals surface area contributed by atoms with Crippen LogP contribution in [0.15, 0.2) is 24.3 Å². The highest BCUT2D eigenvalue weighted by Crippen LogP contribution is 2.44. The number of halogens is 1. The molecule has 153 valence electrons. The van der Waals surface area contributed by atoms with Gasteiger partial charge in [0.1, 0.15) is 4.83 Å². The molecule has 9 heteroatoms. The molecule has 0 unspecified atom stereocenters. The zero-order chi connectivity index (χ0) is 21.0. The van der Waals surface area contributed by atoms with Gasteiger partial charge in [0.2, 0.25) is 11.8 Å². The molecule has 2 aromatic heterocycles. The van der Waals surface area contributed by atoms with Crippen molar-refractivity contribution in [2.24, 2.45) is 0 Å². The molecule has 1 fully saturated rings. The van der Waals surface area contributed by atoms with Crippen LogP contribution in [-0.2, 0) is 38.1 Å². The molecule has 0 aliphatic carbocycles. The van der Waals surface area contributed by atoms with Crippen molar-refractivity contribution in [1.82, 2.24) is 9.88 Å². The first-order chi connectivity index (χ1) is 14.3. The summed E-state index contributed by atoms with van der Waals surface area (Å²) in [4.78, 5) is 31.6. The lowest BCUT2D eigenvalue weighted by atomic mass is 9.98. The smallest absolute Gasteiger partial charge is 0.230 e. The summed E-state index contributed by atoms with van der Waals surface area (Å²) in [7, 11) is -3.13. The highest BCUT2D eigenvalue weighted by Gasteiger charge is 2.32. The number of rotatable bonds is 3. The van der Waals surface area contributed by atoms with E-state index in [0.29, 0.717) is 22.0 Å². The second-order valence-electron chi connectivity index (χ2n) is 7.44. The van der Waals surface area contributed by atoms with Crippen LogP contribution >= 0.6 is 22.9 Å². The third kappa shape index (κ3) is 3.23. The van der Waals surface area contributed by atoms with Gasteiger partial charge in [-0.2, -0.15) is 0 Å². The van der Waals surface area contributed by atoms with Gasteiger partial charge >= 0.3 is 0 Å². The summed E-state index contributed by atoms with van der Waals surface area (Å²) < 4.78 is 24.3. The number of hydrogen-bond donors (Lipinski definition) is 0. The number of amides is 2. The Morgan fingerprint density at radius 2 is 1.83 bits per heavy atom. The lowest BCUT2D eigenvalue weighted by Gasteiger charge is -2.18. The number of nitrogens with zero attached hydrogens (tertiary/aromatic N) is 2. The monoisotopic (exact) mass is 459 g/mol. The Balaban J connectivity index is 1.75. The van der Waals surface area contributed by atoms with Crippen LogP contribution < -0.4 is 0 Å². The van der Waals surface area contributed by atoms with Crippen LogP contribution in [0.5, 0.6) is 0 Å². The first-order valence-corrected chi connectivity index (χ1v) is 12.5. The number of hydrogen-bond acceptors (Lipinski definition) is 6. The second-order valence-corrected chi connectivity index (χ2v) is 11.1. The second kappa shape index (κ2) is 7.14. The van der Waals surface area contributed by atoms with Crippen molar-refractivity contribution in [3.63, 3.8) is 0 Å².